The summed E-state index contributed by atoms with van der Waals surface area (Å²) in [5.41, 5.74) is 9.38. The third-order valence-corrected chi connectivity index (χ3v) is 5.77. The number of anilines is 2. The van der Waals surface area contributed by atoms with Gasteiger partial charge in [-0.15, -0.1) is 5.10 Å². The number of rotatable bonds is 8. The molecule has 3 aromatic rings. The molecular weight excluding hydrogens is 425 g/mol. The molecule has 1 aliphatic rings. The predicted molar refractivity (Wildman–Crippen MR) is 123 cm³/mol. The lowest BCUT2D eigenvalue weighted by Gasteiger charge is -2.27. The van der Waals surface area contributed by atoms with Crippen molar-refractivity contribution in [1.29, 1.82) is 0 Å². The topological polar surface area (TPSA) is 106 Å². The third-order valence-electron chi connectivity index (χ3n) is 5.77. The zero-order chi connectivity index (χ0) is 23.5. The monoisotopic (exact) mass is 453 g/mol. The largest absolute Gasteiger partial charge is 0.462 e. The van der Waals surface area contributed by atoms with Crippen molar-refractivity contribution in [2.45, 2.75) is 45.6 Å². The summed E-state index contributed by atoms with van der Waals surface area (Å²) in [6, 6.07) is 6.49. The molecule has 0 bridgehead atoms. The number of aliphatic hydroxyl groups excluding tert-OH is 1. The quantitative estimate of drug-likeness (QED) is 0.500. The minimum atomic E-state index is -0.584. The van der Waals surface area contributed by atoms with E-state index in [9.17, 15) is 14.3 Å². The van der Waals surface area contributed by atoms with Crippen molar-refractivity contribution in [3.8, 4) is 0 Å². The first kappa shape index (κ1) is 22.7. The van der Waals surface area contributed by atoms with Crippen molar-refractivity contribution < 1.29 is 19.0 Å². The molecule has 8 nitrogen and oxygen atoms in total. The Balaban J connectivity index is 1.82. The van der Waals surface area contributed by atoms with E-state index in [1.165, 1.54) is 10.6 Å². The third kappa shape index (κ3) is 4.41. The van der Waals surface area contributed by atoms with Gasteiger partial charge in [-0.2, -0.15) is 0 Å². The van der Waals surface area contributed by atoms with Gasteiger partial charge >= 0.3 is 5.97 Å². The van der Waals surface area contributed by atoms with Crippen LogP contribution in [0.4, 0.5) is 16.0 Å². The van der Waals surface area contributed by atoms with Crippen molar-refractivity contribution in [2.24, 2.45) is 0 Å². The fourth-order valence-corrected chi connectivity index (χ4v) is 4.33. The van der Waals surface area contributed by atoms with Gasteiger partial charge in [-0.3, -0.25) is 0 Å². The van der Waals surface area contributed by atoms with Crippen LogP contribution in [0.5, 0.6) is 0 Å². The molecule has 2 aromatic heterocycles. The maximum Gasteiger partial charge on any atom is 0.345 e. The Kier molecular flexibility index (Phi) is 6.60. The minimum Gasteiger partial charge on any atom is -0.462 e. The van der Waals surface area contributed by atoms with Gasteiger partial charge in [0.2, 0.25) is 0 Å². The van der Waals surface area contributed by atoms with Gasteiger partial charge in [-0.25, -0.2) is 18.7 Å². The summed E-state index contributed by atoms with van der Waals surface area (Å²) in [5.74, 6) is -0.267. The zero-order valence-corrected chi connectivity index (χ0v) is 18.8. The van der Waals surface area contributed by atoms with Gasteiger partial charge in [0, 0.05) is 19.0 Å². The molecular formula is C24H28FN5O3. The van der Waals surface area contributed by atoms with Crippen LogP contribution in [-0.4, -0.2) is 38.9 Å². The number of halogens is 1. The molecule has 0 spiro atoms. The van der Waals surface area contributed by atoms with Gasteiger partial charge in [-0.1, -0.05) is 19.4 Å². The number of hydrogen-bond donors (Lipinski definition) is 2. The van der Waals surface area contributed by atoms with Crippen LogP contribution in [0.1, 0.15) is 60.6 Å². The predicted octanol–water partition coefficient (Wildman–Crippen LogP) is 3.80. The summed E-state index contributed by atoms with van der Waals surface area (Å²) < 4.78 is 20.8. The first-order chi connectivity index (χ1) is 16.0. The number of benzene rings is 1. The van der Waals surface area contributed by atoms with Crippen LogP contribution in [0.3, 0.4) is 0 Å². The molecule has 4 rings (SSSR count). The van der Waals surface area contributed by atoms with E-state index in [-0.39, 0.29) is 36.5 Å². The minimum absolute atomic E-state index is 0.0238. The highest BCUT2D eigenvalue weighted by Gasteiger charge is 2.31. The number of esters is 1. The second kappa shape index (κ2) is 9.58. The van der Waals surface area contributed by atoms with Gasteiger partial charge in [0.05, 0.1) is 12.6 Å². The maximum atomic E-state index is 14.3. The summed E-state index contributed by atoms with van der Waals surface area (Å²) in [6.07, 6.45) is 6.55. The second-order valence-corrected chi connectivity index (χ2v) is 8.02. The summed E-state index contributed by atoms with van der Waals surface area (Å²) in [7, 11) is 0. The first-order valence-corrected chi connectivity index (χ1v) is 11.2. The first-order valence-electron chi connectivity index (χ1n) is 11.2. The van der Waals surface area contributed by atoms with Crippen LogP contribution in [0.25, 0.3) is 5.65 Å². The number of nitrogens with two attached hydrogens (primary N) is 1. The van der Waals surface area contributed by atoms with Crippen molar-refractivity contribution in [1.82, 2.24) is 14.6 Å². The number of nitrogen functional groups attached to an aromatic ring is 1. The van der Waals surface area contributed by atoms with Crippen LogP contribution in [0.2, 0.25) is 0 Å². The highest BCUT2D eigenvalue weighted by Crippen LogP contribution is 2.40. The summed E-state index contributed by atoms with van der Waals surface area (Å²) in [6.45, 7) is 4.03. The van der Waals surface area contributed by atoms with E-state index < -0.39 is 5.97 Å². The molecule has 3 N–H and O–H groups in total. The molecule has 3 heterocycles. The molecule has 1 aliphatic heterocycles. The molecule has 0 aliphatic carbocycles. The zero-order valence-electron chi connectivity index (χ0n) is 18.8. The van der Waals surface area contributed by atoms with E-state index in [4.69, 9.17) is 15.5 Å². The van der Waals surface area contributed by atoms with E-state index in [0.29, 0.717) is 24.3 Å². The van der Waals surface area contributed by atoms with E-state index in [1.807, 2.05) is 17.2 Å². The Hall–Kier alpha value is -3.46. The molecule has 33 heavy (non-hydrogen) atoms. The average Bonchev–Trinajstić information content (AvgIpc) is 3.35. The van der Waals surface area contributed by atoms with Crippen molar-refractivity contribution in [2.75, 3.05) is 23.8 Å². The second-order valence-electron chi connectivity index (χ2n) is 8.02. The summed E-state index contributed by atoms with van der Waals surface area (Å²) in [5, 5.41) is 13.7. The SMILES string of the molecule is CCCc1ccc(F)cc1C1CC(CCO)=CN1c1ccn2nc(N)c(C(=O)OCC)c2n1. The van der Waals surface area contributed by atoms with Crippen LogP contribution >= 0.6 is 0 Å². The Bertz CT molecular complexity index is 1210. The molecule has 0 amide bonds. The number of carbonyl (C=O) groups is 1. The molecule has 0 radical (unpaired) electrons. The highest BCUT2D eigenvalue weighted by atomic mass is 19.1. The summed E-state index contributed by atoms with van der Waals surface area (Å²) in [4.78, 5) is 19.1. The lowest BCUT2D eigenvalue weighted by atomic mass is 9.93. The Morgan fingerprint density at radius 1 is 1.30 bits per heavy atom. The number of nitrogens with zero attached hydrogens (tertiary/aromatic N) is 4. The van der Waals surface area contributed by atoms with Crippen LogP contribution in [0, 0.1) is 5.82 Å². The molecule has 0 fully saturated rings. The van der Waals surface area contributed by atoms with Gasteiger partial charge < -0.3 is 20.5 Å². The summed E-state index contributed by atoms with van der Waals surface area (Å²) >= 11 is 0. The molecule has 9 heteroatoms. The smallest absolute Gasteiger partial charge is 0.345 e. The Labute approximate surface area is 191 Å². The average molecular weight is 454 g/mol. The number of aromatic nitrogens is 3. The molecule has 1 unspecified atom stereocenters. The fourth-order valence-electron chi connectivity index (χ4n) is 4.33. The van der Waals surface area contributed by atoms with Gasteiger partial charge in [-0.05, 0) is 61.1 Å². The van der Waals surface area contributed by atoms with Gasteiger partial charge in [0.15, 0.2) is 11.5 Å². The molecule has 1 atom stereocenters. The van der Waals surface area contributed by atoms with Gasteiger partial charge in [0.1, 0.15) is 17.2 Å². The van der Waals surface area contributed by atoms with Crippen LogP contribution < -0.4 is 10.6 Å². The number of ether oxygens (including phenoxy) is 1. The highest BCUT2D eigenvalue weighted by molar-refractivity contribution is 6.00. The standard InChI is InChI=1S/C24H28FN5O3/c1-3-5-16-6-7-17(25)13-18(16)19-12-15(9-11-31)14-29(19)20-8-10-30-23(27-20)21(22(26)28-30)24(32)33-4-2/h6-8,10,13-14,19,31H,3-5,9,11-12H2,1-2H3,(H2,26,28). The number of hydrogen-bond acceptors (Lipinski definition) is 7. The molecule has 0 saturated carbocycles. The normalized spacial score (nSPS) is 15.8. The number of aliphatic hydroxyl groups is 1. The van der Waals surface area contributed by atoms with E-state index in [0.717, 1.165) is 29.5 Å². The lowest BCUT2D eigenvalue weighted by Crippen LogP contribution is -2.21. The number of carbonyl (C=O) groups excluding carboxylic acids is 1. The maximum absolute atomic E-state index is 14.3. The Morgan fingerprint density at radius 2 is 2.12 bits per heavy atom. The van der Waals surface area contributed by atoms with Crippen LogP contribution in [-0.2, 0) is 11.2 Å². The Morgan fingerprint density at radius 3 is 2.85 bits per heavy atom. The van der Waals surface area contributed by atoms with Crippen molar-refractivity contribution >= 4 is 23.3 Å². The number of aryl methyl sites for hydroxylation is 1. The lowest BCUT2D eigenvalue weighted by molar-refractivity contribution is 0.0529. The van der Waals surface area contributed by atoms with Crippen molar-refractivity contribution in [3.63, 3.8) is 0 Å². The van der Waals surface area contributed by atoms with Gasteiger partial charge in [0.25, 0.3) is 0 Å². The molecule has 1 aromatic carbocycles. The number of fused-ring (bicyclic) bond motifs is 1. The van der Waals surface area contributed by atoms with E-state index in [2.05, 4.69) is 12.0 Å². The fraction of sp³-hybridized carbons (Fsp3) is 0.375. The van der Waals surface area contributed by atoms with E-state index >= 15 is 0 Å². The molecule has 174 valence electrons. The molecule has 0 saturated heterocycles. The van der Waals surface area contributed by atoms with Crippen LogP contribution in [0.15, 0.2) is 42.2 Å². The van der Waals surface area contributed by atoms with E-state index in [1.54, 1.807) is 25.3 Å². The van der Waals surface area contributed by atoms with Crippen molar-refractivity contribution in [3.05, 3.63) is 64.7 Å².